The van der Waals surface area contributed by atoms with E-state index < -0.39 is 23.5 Å². The number of carboxylic acid groups (broad SMARTS) is 1. The smallest absolute Gasteiger partial charge is 0.338 e. The first-order valence-electron chi connectivity index (χ1n) is 15.3. The molecule has 1 saturated heterocycles. The molecule has 15 heteroatoms. The molecular weight excluding hydrogens is 664 g/mol. The van der Waals surface area contributed by atoms with Crippen molar-refractivity contribution in [2.24, 2.45) is 0 Å². The van der Waals surface area contributed by atoms with Crippen LogP contribution in [0.4, 0.5) is 14.6 Å². The molecule has 1 aliphatic heterocycles. The van der Waals surface area contributed by atoms with Gasteiger partial charge in [0.2, 0.25) is 0 Å². The monoisotopic (exact) mass is 691 g/mol. The Morgan fingerprint density at radius 2 is 2.00 bits per heavy atom. The average molecular weight is 692 g/mol. The average Bonchev–Trinajstić information content (AvgIpc) is 3.51. The van der Waals surface area contributed by atoms with Crippen molar-refractivity contribution in [3.8, 4) is 22.9 Å². The quantitative estimate of drug-likeness (QED) is 0.219. The molecule has 1 saturated carbocycles. The maximum Gasteiger partial charge on any atom is 0.338 e. The summed E-state index contributed by atoms with van der Waals surface area (Å²) in [6.07, 6.45) is 3.39. The molecule has 0 amide bonds. The van der Waals surface area contributed by atoms with E-state index in [0.717, 1.165) is 0 Å². The molecule has 48 heavy (non-hydrogen) atoms. The molecule has 2 fully saturated rings. The molecule has 7 rings (SSSR count). The molecular formula is C33H28ClF2N7O4S. The van der Waals surface area contributed by atoms with Crippen molar-refractivity contribution in [3.05, 3.63) is 74.4 Å². The van der Waals surface area contributed by atoms with Crippen LogP contribution in [0.3, 0.4) is 0 Å². The molecule has 1 unspecified atom stereocenters. The minimum absolute atomic E-state index is 0.0647. The van der Waals surface area contributed by atoms with E-state index in [1.807, 2.05) is 4.90 Å². The van der Waals surface area contributed by atoms with Gasteiger partial charge in [-0.1, -0.05) is 11.6 Å². The molecule has 5 aromatic rings. The first-order chi connectivity index (χ1) is 23.1. The van der Waals surface area contributed by atoms with Crippen LogP contribution >= 0.6 is 22.9 Å². The zero-order valence-corrected chi connectivity index (χ0v) is 27.2. The Kier molecular flexibility index (Phi) is 8.22. The number of alkyl halides is 2. The summed E-state index contributed by atoms with van der Waals surface area (Å²) < 4.78 is 36.3. The first-order valence-corrected chi connectivity index (χ1v) is 16.5. The summed E-state index contributed by atoms with van der Waals surface area (Å²) in [6.45, 7) is 3.48. The molecule has 0 bridgehead atoms. The number of carbonyl (C=O) groups is 1. The molecule has 11 nitrogen and oxygen atoms in total. The highest BCUT2D eigenvalue weighted by atomic mass is 35.5. The van der Waals surface area contributed by atoms with Crippen molar-refractivity contribution in [2.45, 2.75) is 38.3 Å². The Hall–Kier alpha value is -4.71. The number of anilines is 1. The number of fused-ring (bicyclic) bond motifs is 2. The highest BCUT2D eigenvalue weighted by Gasteiger charge is 2.51. The van der Waals surface area contributed by atoms with Crippen LogP contribution < -0.4 is 15.2 Å². The van der Waals surface area contributed by atoms with E-state index in [-0.39, 0.29) is 36.1 Å². The number of halogens is 3. The molecule has 4 aromatic heterocycles. The molecule has 246 valence electrons. The normalized spacial score (nSPS) is 17.7. The van der Waals surface area contributed by atoms with Gasteiger partial charge in [-0.3, -0.25) is 19.2 Å². The lowest BCUT2D eigenvalue weighted by molar-refractivity contribution is -0.150. The van der Waals surface area contributed by atoms with Gasteiger partial charge in [0.05, 0.1) is 45.5 Å². The van der Waals surface area contributed by atoms with Crippen molar-refractivity contribution in [3.63, 3.8) is 0 Å². The lowest BCUT2D eigenvalue weighted by Crippen LogP contribution is -2.60. The van der Waals surface area contributed by atoms with Gasteiger partial charge in [0.1, 0.15) is 35.6 Å². The third-order valence-corrected chi connectivity index (χ3v) is 10.3. The van der Waals surface area contributed by atoms with Gasteiger partial charge in [0, 0.05) is 60.3 Å². The van der Waals surface area contributed by atoms with Gasteiger partial charge >= 0.3 is 5.97 Å². The third-order valence-electron chi connectivity index (χ3n) is 9.06. The van der Waals surface area contributed by atoms with Gasteiger partial charge in [-0.2, -0.15) is 5.26 Å². The minimum atomic E-state index is -2.67. The van der Waals surface area contributed by atoms with Crippen molar-refractivity contribution < 1.29 is 23.4 Å². The number of pyridine rings is 2. The maximum absolute atomic E-state index is 14.0. The van der Waals surface area contributed by atoms with Gasteiger partial charge in [0.15, 0.2) is 0 Å². The largest absolute Gasteiger partial charge is 0.491 e. The van der Waals surface area contributed by atoms with Crippen LogP contribution in [0, 0.1) is 18.3 Å². The fourth-order valence-electron chi connectivity index (χ4n) is 6.49. The van der Waals surface area contributed by atoms with E-state index in [4.69, 9.17) is 16.3 Å². The van der Waals surface area contributed by atoms with Crippen LogP contribution in [-0.4, -0.2) is 80.2 Å². The predicted molar refractivity (Wildman–Crippen MR) is 178 cm³/mol. The van der Waals surface area contributed by atoms with Crippen LogP contribution in [0.25, 0.3) is 32.2 Å². The predicted octanol–water partition coefficient (Wildman–Crippen LogP) is 5.60. The van der Waals surface area contributed by atoms with Crippen molar-refractivity contribution in [1.82, 2.24) is 24.4 Å². The Morgan fingerprint density at radius 1 is 1.21 bits per heavy atom. The first kappa shape index (κ1) is 31.9. The number of benzene rings is 1. The molecule has 2 aliphatic rings. The fourth-order valence-corrected chi connectivity index (χ4v) is 7.69. The number of piperazine rings is 1. The summed E-state index contributed by atoms with van der Waals surface area (Å²) in [5.41, 5.74) is 1.79. The highest BCUT2D eigenvalue weighted by Crippen LogP contribution is 2.42. The molecule has 1 aliphatic carbocycles. The molecule has 1 N–H and O–H groups in total. The van der Waals surface area contributed by atoms with Crippen LogP contribution in [0.5, 0.6) is 5.75 Å². The van der Waals surface area contributed by atoms with E-state index in [1.54, 1.807) is 41.5 Å². The second kappa shape index (κ2) is 12.4. The van der Waals surface area contributed by atoms with Gasteiger partial charge in [-0.05, 0) is 37.6 Å². The topological polar surface area (TPSA) is 137 Å². The summed E-state index contributed by atoms with van der Waals surface area (Å²) in [4.78, 5) is 42.6. The third kappa shape index (κ3) is 5.51. The Morgan fingerprint density at radius 3 is 2.69 bits per heavy atom. The zero-order chi connectivity index (χ0) is 33.7. The van der Waals surface area contributed by atoms with Gasteiger partial charge in [0.25, 0.3) is 11.5 Å². The fraction of sp³-hybridized carbons (Fsp3) is 0.333. The Balaban J connectivity index is 1.15. The van der Waals surface area contributed by atoms with Crippen LogP contribution in [0.15, 0.2) is 46.8 Å². The van der Waals surface area contributed by atoms with E-state index in [9.17, 15) is 28.7 Å². The van der Waals surface area contributed by atoms with Gasteiger partial charge in [-0.15, -0.1) is 11.3 Å². The summed E-state index contributed by atoms with van der Waals surface area (Å²) in [7, 11) is 0. The van der Waals surface area contributed by atoms with Crippen molar-refractivity contribution >= 4 is 55.8 Å². The van der Waals surface area contributed by atoms with Gasteiger partial charge in [-0.25, -0.2) is 23.5 Å². The SMILES string of the molecule is Cc1nc2cnc(N3CCN(C4CCC4(F)F)CC3)c(C#N)c2c(=O)n1CCOc1ccc(Cl)cc1-c1ccnc2c(C(=O)O)csc12. The highest BCUT2D eigenvalue weighted by molar-refractivity contribution is 7.18. The van der Waals surface area contributed by atoms with Crippen LogP contribution in [0.1, 0.15) is 34.6 Å². The maximum atomic E-state index is 14.0. The Labute approximate surface area is 281 Å². The van der Waals surface area contributed by atoms with E-state index in [1.165, 1.54) is 28.3 Å². The molecule has 0 spiro atoms. The van der Waals surface area contributed by atoms with Gasteiger partial charge < -0.3 is 14.7 Å². The second-order valence-electron chi connectivity index (χ2n) is 11.8. The standard InChI is InChI=1S/C33H28ClF2N7O4S/c1-18-40-24-16-39-30(42-10-8-41(9-11-42)26-4-6-33(26,35)36)22(15-37)27(24)31(44)43(18)12-13-47-25-3-2-19(34)14-21(25)20-5-7-38-28-23(32(45)46)17-48-29(20)28/h2-3,5,7,14,16-17,26H,4,6,8-13H2,1H3,(H,45,46). The summed E-state index contributed by atoms with van der Waals surface area (Å²) >= 11 is 7.62. The second-order valence-corrected chi connectivity index (χ2v) is 13.1. The number of carboxylic acids is 1. The lowest BCUT2D eigenvalue weighted by Gasteiger charge is -2.47. The number of aromatic nitrogens is 4. The van der Waals surface area contributed by atoms with Crippen molar-refractivity contribution in [2.75, 3.05) is 37.7 Å². The molecule has 1 aromatic carbocycles. The number of aromatic carboxylic acids is 1. The summed E-state index contributed by atoms with van der Waals surface area (Å²) in [5.74, 6) is -2.52. The number of hydrogen-bond donors (Lipinski definition) is 1. The number of rotatable bonds is 8. The van der Waals surface area contributed by atoms with Crippen molar-refractivity contribution in [1.29, 1.82) is 5.26 Å². The number of aryl methyl sites for hydroxylation is 1. The minimum Gasteiger partial charge on any atom is -0.491 e. The van der Waals surface area contributed by atoms with Crippen LogP contribution in [-0.2, 0) is 6.54 Å². The van der Waals surface area contributed by atoms with E-state index in [2.05, 4.69) is 21.0 Å². The number of nitrogens with zero attached hydrogens (tertiary/aromatic N) is 7. The Bertz CT molecular complexity index is 2190. The number of hydrogen-bond acceptors (Lipinski definition) is 10. The summed E-state index contributed by atoms with van der Waals surface area (Å²) in [5, 5.41) is 21.9. The van der Waals surface area contributed by atoms with E-state index in [0.29, 0.717) is 81.9 Å². The number of nitriles is 1. The molecule has 0 radical (unpaired) electrons. The summed E-state index contributed by atoms with van der Waals surface area (Å²) in [6, 6.07) is 8.28. The molecule has 5 heterocycles. The zero-order valence-electron chi connectivity index (χ0n) is 25.6. The van der Waals surface area contributed by atoms with Crippen LogP contribution in [0.2, 0.25) is 5.02 Å². The lowest BCUT2D eigenvalue weighted by atomic mass is 9.86. The number of thiophene rings is 1. The van der Waals surface area contributed by atoms with E-state index >= 15 is 0 Å². The molecule has 1 atom stereocenters. The number of ether oxygens (including phenoxy) is 1.